The second-order valence-electron chi connectivity index (χ2n) is 6.20. The first-order valence-corrected chi connectivity index (χ1v) is 7.89. The number of fused-ring (bicyclic) bond motifs is 1. The van der Waals surface area contributed by atoms with Crippen molar-refractivity contribution in [2.45, 2.75) is 31.2 Å². The van der Waals surface area contributed by atoms with Gasteiger partial charge in [0.2, 0.25) is 5.91 Å². The number of hydrogen-bond acceptors (Lipinski definition) is 2. The molecular formula is C17H19N3O2. The van der Waals surface area contributed by atoms with Crippen molar-refractivity contribution in [1.82, 2.24) is 15.2 Å². The van der Waals surface area contributed by atoms with Crippen LogP contribution >= 0.6 is 0 Å². The number of piperidine rings is 1. The molecule has 3 heterocycles. The van der Waals surface area contributed by atoms with Gasteiger partial charge in [-0.3, -0.25) is 9.59 Å². The number of hydrogen-bond donors (Lipinski definition) is 2. The van der Waals surface area contributed by atoms with Crippen LogP contribution in [0.25, 0.3) is 10.9 Å². The van der Waals surface area contributed by atoms with E-state index in [-0.39, 0.29) is 11.8 Å². The summed E-state index contributed by atoms with van der Waals surface area (Å²) in [4.78, 5) is 30.5. The predicted molar refractivity (Wildman–Crippen MR) is 83.5 cm³/mol. The van der Waals surface area contributed by atoms with Gasteiger partial charge in [-0.05, 0) is 43.9 Å². The molecule has 2 aliphatic rings. The van der Waals surface area contributed by atoms with Crippen LogP contribution in [-0.4, -0.2) is 40.3 Å². The van der Waals surface area contributed by atoms with Crippen LogP contribution in [0.1, 0.15) is 36.0 Å². The molecule has 0 bridgehead atoms. The first kappa shape index (κ1) is 13.4. The van der Waals surface area contributed by atoms with Crippen LogP contribution < -0.4 is 5.32 Å². The zero-order valence-electron chi connectivity index (χ0n) is 12.4. The molecule has 1 aromatic heterocycles. The highest BCUT2D eigenvalue weighted by Crippen LogP contribution is 2.37. The molecule has 0 aliphatic carbocycles. The minimum absolute atomic E-state index is 0.0193. The van der Waals surface area contributed by atoms with Gasteiger partial charge in [-0.25, -0.2) is 0 Å². The third-order valence-electron chi connectivity index (χ3n) is 5.03. The maximum absolute atomic E-state index is 13.1. The summed E-state index contributed by atoms with van der Waals surface area (Å²) >= 11 is 0. The van der Waals surface area contributed by atoms with Crippen molar-refractivity contribution >= 4 is 22.7 Å². The number of nitrogens with zero attached hydrogens (tertiary/aromatic N) is 1. The Morgan fingerprint density at radius 3 is 2.91 bits per heavy atom. The highest BCUT2D eigenvalue weighted by Gasteiger charge is 2.50. The number of carbonyl (C=O) groups is 2. The molecule has 22 heavy (non-hydrogen) atoms. The van der Waals surface area contributed by atoms with E-state index in [0.717, 1.165) is 43.1 Å². The smallest absolute Gasteiger partial charge is 0.255 e. The third kappa shape index (κ3) is 1.78. The van der Waals surface area contributed by atoms with Gasteiger partial charge < -0.3 is 15.2 Å². The van der Waals surface area contributed by atoms with Gasteiger partial charge in [0.1, 0.15) is 5.54 Å². The van der Waals surface area contributed by atoms with Crippen LogP contribution in [0.2, 0.25) is 0 Å². The van der Waals surface area contributed by atoms with Crippen molar-refractivity contribution in [3.63, 3.8) is 0 Å². The molecule has 0 radical (unpaired) electrons. The highest BCUT2D eigenvalue weighted by atomic mass is 16.2. The summed E-state index contributed by atoms with van der Waals surface area (Å²) in [5, 5.41) is 3.87. The minimum atomic E-state index is -0.631. The zero-order chi connectivity index (χ0) is 15.2. The molecular weight excluding hydrogens is 278 g/mol. The number of aromatic amines is 1. The van der Waals surface area contributed by atoms with E-state index < -0.39 is 5.54 Å². The van der Waals surface area contributed by atoms with Gasteiger partial charge in [-0.1, -0.05) is 6.07 Å². The number of likely N-dealkylation sites (tertiary alicyclic amines) is 1. The van der Waals surface area contributed by atoms with Gasteiger partial charge in [0.25, 0.3) is 5.91 Å². The van der Waals surface area contributed by atoms with Gasteiger partial charge >= 0.3 is 0 Å². The van der Waals surface area contributed by atoms with E-state index >= 15 is 0 Å². The lowest BCUT2D eigenvalue weighted by Gasteiger charge is -2.40. The Hall–Kier alpha value is -2.30. The Bertz CT molecular complexity index is 751. The molecule has 2 N–H and O–H groups in total. The lowest BCUT2D eigenvalue weighted by atomic mass is 9.86. The van der Waals surface area contributed by atoms with E-state index in [1.807, 2.05) is 35.4 Å². The molecule has 4 rings (SSSR count). The fourth-order valence-corrected chi connectivity index (χ4v) is 3.95. The van der Waals surface area contributed by atoms with E-state index in [2.05, 4.69) is 10.3 Å². The molecule has 1 unspecified atom stereocenters. The third-order valence-corrected chi connectivity index (χ3v) is 5.03. The van der Waals surface area contributed by atoms with Crippen molar-refractivity contribution in [3.8, 4) is 0 Å². The number of aromatic nitrogens is 1. The summed E-state index contributed by atoms with van der Waals surface area (Å²) in [7, 11) is 0. The average molecular weight is 297 g/mol. The van der Waals surface area contributed by atoms with E-state index in [4.69, 9.17) is 0 Å². The van der Waals surface area contributed by atoms with E-state index in [1.165, 1.54) is 0 Å². The number of amides is 2. The number of benzene rings is 1. The van der Waals surface area contributed by atoms with E-state index in [1.54, 1.807) is 0 Å². The zero-order valence-corrected chi connectivity index (χ0v) is 12.4. The monoisotopic (exact) mass is 297 g/mol. The van der Waals surface area contributed by atoms with Gasteiger partial charge in [-0.2, -0.15) is 0 Å². The summed E-state index contributed by atoms with van der Waals surface area (Å²) in [5.41, 5.74) is 0.999. The fourth-order valence-electron chi connectivity index (χ4n) is 3.95. The van der Waals surface area contributed by atoms with E-state index in [0.29, 0.717) is 12.1 Å². The first-order chi connectivity index (χ1) is 10.7. The summed E-state index contributed by atoms with van der Waals surface area (Å²) in [6, 6.07) is 7.62. The van der Waals surface area contributed by atoms with Crippen LogP contribution in [-0.2, 0) is 4.79 Å². The lowest BCUT2D eigenvalue weighted by molar-refractivity contribution is -0.133. The molecule has 2 saturated heterocycles. The van der Waals surface area contributed by atoms with Crippen LogP contribution in [0.5, 0.6) is 0 Å². The molecule has 2 aromatic rings. The van der Waals surface area contributed by atoms with Gasteiger partial charge in [0.15, 0.2) is 0 Å². The molecule has 2 amide bonds. The summed E-state index contributed by atoms with van der Waals surface area (Å²) in [6.07, 6.45) is 5.21. The molecule has 2 aliphatic heterocycles. The number of rotatable bonds is 1. The maximum Gasteiger partial charge on any atom is 0.255 e. The Kier molecular flexibility index (Phi) is 2.96. The SMILES string of the molecule is O=C(c1cccc2[nH]ccc12)N1CCCC12CCCNC2=O. The van der Waals surface area contributed by atoms with Crippen LogP contribution in [0, 0.1) is 0 Å². The highest BCUT2D eigenvalue weighted by molar-refractivity contribution is 6.08. The fraction of sp³-hybridized carbons (Fsp3) is 0.412. The van der Waals surface area contributed by atoms with Crippen molar-refractivity contribution in [3.05, 3.63) is 36.0 Å². The van der Waals surface area contributed by atoms with Crippen molar-refractivity contribution in [2.75, 3.05) is 13.1 Å². The summed E-state index contributed by atoms with van der Waals surface area (Å²) < 4.78 is 0. The Morgan fingerprint density at radius 2 is 2.05 bits per heavy atom. The predicted octanol–water partition coefficient (Wildman–Crippen LogP) is 2.05. The molecule has 1 spiro atoms. The van der Waals surface area contributed by atoms with Gasteiger partial charge in [0.05, 0.1) is 0 Å². The van der Waals surface area contributed by atoms with Crippen molar-refractivity contribution in [2.24, 2.45) is 0 Å². The average Bonchev–Trinajstić information content (AvgIpc) is 3.16. The Balaban J connectivity index is 1.76. The molecule has 5 heteroatoms. The van der Waals surface area contributed by atoms with Gasteiger partial charge in [0, 0.05) is 35.8 Å². The minimum Gasteiger partial charge on any atom is -0.361 e. The largest absolute Gasteiger partial charge is 0.361 e. The molecule has 0 saturated carbocycles. The molecule has 2 fully saturated rings. The van der Waals surface area contributed by atoms with Crippen molar-refractivity contribution in [1.29, 1.82) is 0 Å². The molecule has 1 aromatic carbocycles. The normalized spacial score (nSPS) is 24.9. The summed E-state index contributed by atoms with van der Waals surface area (Å²) in [5.74, 6) is -0.00871. The molecule has 5 nitrogen and oxygen atoms in total. The van der Waals surface area contributed by atoms with Gasteiger partial charge in [-0.15, -0.1) is 0 Å². The Morgan fingerprint density at radius 1 is 1.18 bits per heavy atom. The van der Waals surface area contributed by atoms with E-state index in [9.17, 15) is 9.59 Å². The topological polar surface area (TPSA) is 65.2 Å². The number of H-pyrrole nitrogens is 1. The van der Waals surface area contributed by atoms with Crippen LogP contribution in [0.4, 0.5) is 0 Å². The van der Waals surface area contributed by atoms with Crippen LogP contribution in [0.3, 0.4) is 0 Å². The first-order valence-electron chi connectivity index (χ1n) is 7.89. The second kappa shape index (κ2) is 4.87. The summed E-state index contributed by atoms with van der Waals surface area (Å²) in [6.45, 7) is 1.38. The second-order valence-corrected chi connectivity index (χ2v) is 6.20. The van der Waals surface area contributed by atoms with Crippen molar-refractivity contribution < 1.29 is 9.59 Å². The maximum atomic E-state index is 13.1. The Labute approximate surface area is 128 Å². The molecule has 1 atom stereocenters. The molecule has 114 valence electrons. The van der Waals surface area contributed by atoms with Crippen LogP contribution in [0.15, 0.2) is 30.5 Å². The lowest BCUT2D eigenvalue weighted by Crippen LogP contribution is -2.60. The quantitative estimate of drug-likeness (QED) is 0.846. The number of nitrogens with one attached hydrogen (secondary N) is 2. The standard InChI is InChI=1S/C17H19N3O2/c21-15(13-4-1-5-14-12(13)6-10-18-14)20-11-3-8-17(20)7-2-9-19-16(17)22/h1,4-6,10,18H,2-3,7-9,11H2,(H,19,22). The number of carbonyl (C=O) groups excluding carboxylic acids is 2.